The molecule has 0 N–H and O–H groups in total. The standard InChI is InChI=1S/C26H26N2/c1-17-6-10-22(11-7-17)28-26(24-13-9-19(3)15-21(24)5)16-25(27-28)23-12-8-18(2)14-20(23)4/h6-16H,1-5H3. The summed E-state index contributed by atoms with van der Waals surface area (Å²) in [5.41, 5.74) is 11.9. The first-order valence-electron chi connectivity index (χ1n) is 9.75. The average Bonchev–Trinajstić information content (AvgIpc) is 3.07. The molecule has 1 heterocycles. The van der Waals surface area contributed by atoms with E-state index in [9.17, 15) is 0 Å². The lowest BCUT2D eigenvalue weighted by Crippen LogP contribution is -2.00. The molecule has 4 aromatic rings. The summed E-state index contributed by atoms with van der Waals surface area (Å²) in [7, 11) is 0. The second kappa shape index (κ2) is 7.12. The molecule has 3 aromatic carbocycles. The fourth-order valence-corrected chi connectivity index (χ4v) is 3.79. The first-order valence-corrected chi connectivity index (χ1v) is 9.75. The molecule has 0 aliphatic rings. The van der Waals surface area contributed by atoms with Crippen LogP contribution in [0.3, 0.4) is 0 Å². The van der Waals surface area contributed by atoms with Gasteiger partial charge in [0.15, 0.2) is 0 Å². The van der Waals surface area contributed by atoms with Crippen LogP contribution in [0.2, 0.25) is 0 Å². The lowest BCUT2D eigenvalue weighted by molar-refractivity contribution is 0.890. The largest absolute Gasteiger partial charge is 0.232 e. The van der Waals surface area contributed by atoms with Gasteiger partial charge in [-0.2, -0.15) is 5.10 Å². The van der Waals surface area contributed by atoms with E-state index >= 15 is 0 Å². The van der Waals surface area contributed by atoms with Gasteiger partial charge in [0.2, 0.25) is 0 Å². The maximum absolute atomic E-state index is 5.03. The number of rotatable bonds is 3. The van der Waals surface area contributed by atoms with Crippen molar-refractivity contribution in [2.24, 2.45) is 0 Å². The molecular formula is C26H26N2. The molecule has 140 valence electrons. The quantitative estimate of drug-likeness (QED) is 0.392. The molecule has 0 unspecified atom stereocenters. The summed E-state index contributed by atoms with van der Waals surface area (Å²) in [5, 5.41) is 5.03. The van der Waals surface area contributed by atoms with Gasteiger partial charge in [-0.25, -0.2) is 4.68 Å². The summed E-state index contributed by atoms with van der Waals surface area (Å²) < 4.78 is 2.08. The molecule has 2 nitrogen and oxygen atoms in total. The predicted molar refractivity (Wildman–Crippen MR) is 118 cm³/mol. The number of aryl methyl sites for hydroxylation is 5. The Morgan fingerprint density at radius 1 is 0.571 bits per heavy atom. The Hall–Kier alpha value is -3.13. The smallest absolute Gasteiger partial charge is 0.0936 e. The second-order valence-electron chi connectivity index (χ2n) is 7.80. The summed E-state index contributed by atoms with van der Waals surface area (Å²) >= 11 is 0. The summed E-state index contributed by atoms with van der Waals surface area (Å²) in [6.45, 7) is 10.7. The normalized spacial score (nSPS) is 11.0. The fraction of sp³-hybridized carbons (Fsp3) is 0.192. The van der Waals surface area contributed by atoms with E-state index in [0.717, 1.165) is 17.1 Å². The summed E-state index contributed by atoms with van der Waals surface area (Å²) in [5.74, 6) is 0. The summed E-state index contributed by atoms with van der Waals surface area (Å²) in [6.07, 6.45) is 0. The lowest BCUT2D eigenvalue weighted by atomic mass is 10.00. The van der Waals surface area contributed by atoms with Gasteiger partial charge in [-0.3, -0.25) is 0 Å². The summed E-state index contributed by atoms with van der Waals surface area (Å²) in [4.78, 5) is 0. The Bertz CT molecular complexity index is 1150. The number of hydrogen-bond acceptors (Lipinski definition) is 1. The molecule has 1 aromatic heterocycles. The molecule has 0 aliphatic carbocycles. The zero-order chi connectivity index (χ0) is 19.8. The van der Waals surface area contributed by atoms with E-state index in [-0.39, 0.29) is 0 Å². The second-order valence-corrected chi connectivity index (χ2v) is 7.80. The number of benzene rings is 3. The van der Waals surface area contributed by atoms with E-state index in [1.165, 1.54) is 38.9 Å². The third-order valence-corrected chi connectivity index (χ3v) is 5.30. The highest BCUT2D eigenvalue weighted by atomic mass is 15.3. The Morgan fingerprint density at radius 2 is 1.11 bits per heavy atom. The molecule has 0 aliphatic heterocycles. The van der Waals surface area contributed by atoms with Crippen LogP contribution in [0.15, 0.2) is 66.7 Å². The Labute approximate surface area is 167 Å². The van der Waals surface area contributed by atoms with Gasteiger partial charge in [0, 0.05) is 11.1 Å². The molecule has 0 fully saturated rings. The molecule has 0 amide bonds. The monoisotopic (exact) mass is 366 g/mol. The van der Waals surface area contributed by atoms with Gasteiger partial charge < -0.3 is 0 Å². The van der Waals surface area contributed by atoms with Crippen molar-refractivity contribution in [1.29, 1.82) is 0 Å². The van der Waals surface area contributed by atoms with E-state index in [2.05, 4.69) is 106 Å². The van der Waals surface area contributed by atoms with Crippen molar-refractivity contribution in [3.63, 3.8) is 0 Å². The van der Waals surface area contributed by atoms with Gasteiger partial charge in [0.25, 0.3) is 0 Å². The highest BCUT2D eigenvalue weighted by Gasteiger charge is 2.16. The molecule has 0 saturated carbocycles. The molecule has 28 heavy (non-hydrogen) atoms. The predicted octanol–water partition coefficient (Wildman–Crippen LogP) is 6.75. The van der Waals surface area contributed by atoms with Crippen molar-refractivity contribution in [3.8, 4) is 28.2 Å². The minimum absolute atomic E-state index is 1.01. The third-order valence-electron chi connectivity index (χ3n) is 5.30. The zero-order valence-electron chi connectivity index (χ0n) is 17.2. The highest BCUT2D eigenvalue weighted by molar-refractivity contribution is 5.74. The maximum Gasteiger partial charge on any atom is 0.0936 e. The Balaban J connectivity index is 1.95. The van der Waals surface area contributed by atoms with E-state index < -0.39 is 0 Å². The van der Waals surface area contributed by atoms with Crippen LogP contribution in [-0.4, -0.2) is 9.78 Å². The first kappa shape index (κ1) is 18.2. The van der Waals surface area contributed by atoms with Crippen molar-refractivity contribution < 1.29 is 0 Å². The van der Waals surface area contributed by atoms with E-state index in [0.29, 0.717) is 0 Å². The molecule has 0 radical (unpaired) electrons. The van der Waals surface area contributed by atoms with Crippen LogP contribution >= 0.6 is 0 Å². The topological polar surface area (TPSA) is 17.8 Å². The Morgan fingerprint density at radius 3 is 1.68 bits per heavy atom. The van der Waals surface area contributed by atoms with Crippen molar-refractivity contribution in [3.05, 3.63) is 94.5 Å². The zero-order valence-corrected chi connectivity index (χ0v) is 17.2. The third kappa shape index (κ3) is 3.38. The minimum Gasteiger partial charge on any atom is -0.232 e. The van der Waals surface area contributed by atoms with Crippen molar-refractivity contribution in [1.82, 2.24) is 9.78 Å². The van der Waals surface area contributed by atoms with Gasteiger partial charge in [-0.1, -0.05) is 65.2 Å². The van der Waals surface area contributed by atoms with Crippen molar-refractivity contribution in [2.45, 2.75) is 34.6 Å². The lowest BCUT2D eigenvalue weighted by Gasteiger charge is -2.11. The van der Waals surface area contributed by atoms with E-state index in [4.69, 9.17) is 5.10 Å². The number of aromatic nitrogens is 2. The minimum atomic E-state index is 1.01. The van der Waals surface area contributed by atoms with Crippen LogP contribution in [0.4, 0.5) is 0 Å². The molecule has 0 saturated heterocycles. The van der Waals surface area contributed by atoms with Gasteiger partial charge in [-0.05, 0) is 63.9 Å². The molecule has 0 spiro atoms. The SMILES string of the molecule is Cc1ccc(-n2nc(-c3ccc(C)cc3C)cc2-c2ccc(C)cc2C)cc1. The maximum atomic E-state index is 5.03. The molecule has 0 bridgehead atoms. The van der Waals surface area contributed by atoms with Crippen LogP contribution in [0.5, 0.6) is 0 Å². The van der Waals surface area contributed by atoms with Crippen LogP contribution in [0, 0.1) is 34.6 Å². The molecule has 4 rings (SSSR count). The van der Waals surface area contributed by atoms with Crippen LogP contribution in [0.25, 0.3) is 28.2 Å². The van der Waals surface area contributed by atoms with Gasteiger partial charge >= 0.3 is 0 Å². The Kier molecular flexibility index (Phi) is 4.64. The average molecular weight is 367 g/mol. The molecular weight excluding hydrogens is 340 g/mol. The van der Waals surface area contributed by atoms with Crippen LogP contribution in [-0.2, 0) is 0 Å². The molecule has 2 heteroatoms. The fourth-order valence-electron chi connectivity index (χ4n) is 3.79. The van der Waals surface area contributed by atoms with Crippen LogP contribution < -0.4 is 0 Å². The van der Waals surface area contributed by atoms with Gasteiger partial charge in [0.05, 0.1) is 17.1 Å². The number of nitrogens with zero attached hydrogens (tertiary/aromatic N) is 2. The number of hydrogen-bond donors (Lipinski definition) is 0. The van der Waals surface area contributed by atoms with Crippen LogP contribution in [0.1, 0.15) is 27.8 Å². The highest BCUT2D eigenvalue weighted by Crippen LogP contribution is 2.32. The van der Waals surface area contributed by atoms with Gasteiger partial charge in [0.1, 0.15) is 0 Å². The molecule has 0 atom stereocenters. The summed E-state index contributed by atoms with van der Waals surface area (Å²) in [6, 6.07) is 23.9. The van der Waals surface area contributed by atoms with E-state index in [1.54, 1.807) is 0 Å². The van der Waals surface area contributed by atoms with Gasteiger partial charge in [-0.15, -0.1) is 0 Å². The van der Waals surface area contributed by atoms with E-state index in [1.807, 2.05) is 0 Å². The van der Waals surface area contributed by atoms with Crippen molar-refractivity contribution in [2.75, 3.05) is 0 Å². The van der Waals surface area contributed by atoms with Crippen molar-refractivity contribution >= 4 is 0 Å². The first-order chi connectivity index (χ1) is 13.4.